The summed E-state index contributed by atoms with van der Waals surface area (Å²) in [6.07, 6.45) is 1.88. The highest BCUT2D eigenvalue weighted by Gasteiger charge is 2.36. The Kier molecular flexibility index (Phi) is 2.78. The Labute approximate surface area is 111 Å². The van der Waals surface area contributed by atoms with Crippen LogP contribution in [0.5, 0.6) is 5.75 Å². The molecule has 1 unspecified atom stereocenters. The minimum Gasteiger partial charge on any atom is -0.507 e. The summed E-state index contributed by atoms with van der Waals surface area (Å²) >= 11 is 0. The molecule has 1 N–H and O–H groups in total. The molecule has 1 aliphatic heterocycles. The molecule has 0 amide bonds. The molecule has 5 nitrogen and oxygen atoms in total. The van der Waals surface area contributed by atoms with Gasteiger partial charge >= 0.3 is 0 Å². The predicted octanol–water partition coefficient (Wildman–Crippen LogP) is 2.78. The van der Waals surface area contributed by atoms with Crippen molar-refractivity contribution in [3.8, 4) is 17.2 Å². The number of aryl methyl sites for hydroxylation is 1. The quantitative estimate of drug-likeness (QED) is 0.899. The third-order valence-electron chi connectivity index (χ3n) is 3.50. The number of phenols is 1. The summed E-state index contributed by atoms with van der Waals surface area (Å²) in [4.78, 5) is 4.36. The van der Waals surface area contributed by atoms with E-state index in [1.165, 1.54) is 0 Å². The zero-order valence-corrected chi connectivity index (χ0v) is 11.0. The summed E-state index contributed by atoms with van der Waals surface area (Å²) in [5.41, 5.74) is 1.06. The number of aromatic nitrogens is 2. The minimum absolute atomic E-state index is 0.146. The van der Waals surface area contributed by atoms with Crippen LogP contribution in [0.25, 0.3) is 11.5 Å². The minimum atomic E-state index is -0.470. The fourth-order valence-corrected chi connectivity index (χ4v) is 2.33. The van der Waals surface area contributed by atoms with E-state index in [0.717, 1.165) is 25.0 Å². The highest BCUT2D eigenvalue weighted by Crippen LogP contribution is 2.36. The lowest BCUT2D eigenvalue weighted by Crippen LogP contribution is -2.21. The fourth-order valence-electron chi connectivity index (χ4n) is 2.33. The standard InChI is InChI=1S/C14H16N2O3/c1-9-4-5-10(11(17)8-9)12-15-13(16-19-12)14(2)6-3-7-18-14/h4-5,8,17H,3,6-7H2,1-2H3. The smallest absolute Gasteiger partial charge is 0.261 e. The zero-order chi connectivity index (χ0) is 13.5. The second-order valence-electron chi connectivity index (χ2n) is 5.13. The van der Waals surface area contributed by atoms with Crippen LogP contribution < -0.4 is 0 Å². The van der Waals surface area contributed by atoms with Crippen molar-refractivity contribution in [1.82, 2.24) is 10.1 Å². The van der Waals surface area contributed by atoms with Gasteiger partial charge in [-0.25, -0.2) is 0 Å². The molecule has 19 heavy (non-hydrogen) atoms. The summed E-state index contributed by atoms with van der Waals surface area (Å²) in [5, 5.41) is 13.9. The number of benzene rings is 1. The molecular formula is C14H16N2O3. The van der Waals surface area contributed by atoms with Gasteiger partial charge in [0.05, 0.1) is 5.56 Å². The molecule has 1 aromatic carbocycles. The van der Waals surface area contributed by atoms with E-state index < -0.39 is 5.60 Å². The average Bonchev–Trinajstić information content (AvgIpc) is 2.99. The Bertz CT molecular complexity index is 600. The molecule has 1 saturated heterocycles. The molecule has 5 heteroatoms. The van der Waals surface area contributed by atoms with Gasteiger partial charge in [0, 0.05) is 6.61 Å². The molecular weight excluding hydrogens is 244 g/mol. The molecule has 1 aliphatic rings. The van der Waals surface area contributed by atoms with E-state index in [2.05, 4.69) is 10.1 Å². The average molecular weight is 260 g/mol. The summed E-state index contributed by atoms with van der Waals surface area (Å²) in [6, 6.07) is 5.35. The maximum absolute atomic E-state index is 9.92. The van der Waals surface area contributed by atoms with Gasteiger partial charge in [-0.2, -0.15) is 4.98 Å². The lowest BCUT2D eigenvalue weighted by molar-refractivity contribution is 0.00768. The second-order valence-corrected chi connectivity index (χ2v) is 5.13. The number of hydrogen-bond donors (Lipinski definition) is 1. The lowest BCUT2D eigenvalue weighted by atomic mass is 10.0. The van der Waals surface area contributed by atoms with Crippen LogP contribution >= 0.6 is 0 Å². The Morgan fingerprint density at radius 2 is 2.21 bits per heavy atom. The van der Waals surface area contributed by atoms with Crippen LogP contribution in [-0.4, -0.2) is 21.9 Å². The van der Waals surface area contributed by atoms with Gasteiger partial charge in [0.1, 0.15) is 11.4 Å². The number of ether oxygens (including phenoxy) is 1. The van der Waals surface area contributed by atoms with Crippen LogP contribution in [0.15, 0.2) is 22.7 Å². The van der Waals surface area contributed by atoms with E-state index in [4.69, 9.17) is 9.26 Å². The number of hydrogen-bond acceptors (Lipinski definition) is 5. The van der Waals surface area contributed by atoms with Gasteiger partial charge in [0.25, 0.3) is 5.89 Å². The molecule has 1 aromatic heterocycles. The van der Waals surface area contributed by atoms with Crippen molar-refractivity contribution in [1.29, 1.82) is 0 Å². The predicted molar refractivity (Wildman–Crippen MR) is 68.7 cm³/mol. The topological polar surface area (TPSA) is 68.4 Å². The van der Waals surface area contributed by atoms with Crippen LogP contribution in [0.1, 0.15) is 31.2 Å². The summed E-state index contributed by atoms with van der Waals surface area (Å²) in [7, 11) is 0. The van der Waals surface area contributed by atoms with Crippen molar-refractivity contribution >= 4 is 0 Å². The Hall–Kier alpha value is -1.88. The first-order chi connectivity index (χ1) is 9.08. The molecule has 0 saturated carbocycles. The fraction of sp³-hybridized carbons (Fsp3) is 0.429. The lowest BCUT2D eigenvalue weighted by Gasteiger charge is -2.17. The monoisotopic (exact) mass is 260 g/mol. The highest BCUT2D eigenvalue weighted by atomic mass is 16.5. The molecule has 0 aliphatic carbocycles. The normalized spacial score (nSPS) is 22.8. The molecule has 0 radical (unpaired) electrons. The van der Waals surface area contributed by atoms with E-state index in [9.17, 15) is 5.11 Å². The van der Waals surface area contributed by atoms with Gasteiger partial charge in [-0.05, 0) is 44.4 Å². The van der Waals surface area contributed by atoms with Crippen LogP contribution in [0.4, 0.5) is 0 Å². The van der Waals surface area contributed by atoms with Gasteiger partial charge in [-0.1, -0.05) is 11.2 Å². The van der Waals surface area contributed by atoms with Crippen molar-refractivity contribution in [3.63, 3.8) is 0 Å². The van der Waals surface area contributed by atoms with Crippen molar-refractivity contribution in [3.05, 3.63) is 29.6 Å². The Morgan fingerprint density at radius 3 is 2.89 bits per heavy atom. The largest absolute Gasteiger partial charge is 0.507 e. The van der Waals surface area contributed by atoms with Gasteiger partial charge in [-0.15, -0.1) is 0 Å². The van der Waals surface area contributed by atoms with Crippen molar-refractivity contribution in [2.45, 2.75) is 32.3 Å². The van der Waals surface area contributed by atoms with E-state index in [1.54, 1.807) is 12.1 Å². The van der Waals surface area contributed by atoms with E-state index in [1.807, 2.05) is 19.9 Å². The van der Waals surface area contributed by atoms with E-state index in [-0.39, 0.29) is 5.75 Å². The Balaban J connectivity index is 1.97. The summed E-state index contributed by atoms with van der Waals surface area (Å²) in [5.74, 6) is 1.01. The van der Waals surface area contributed by atoms with Crippen molar-refractivity contribution < 1.29 is 14.4 Å². The SMILES string of the molecule is Cc1ccc(-c2nc(C3(C)CCCO3)no2)c(O)c1. The van der Waals surface area contributed by atoms with Crippen LogP contribution in [0, 0.1) is 6.92 Å². The van der Waals surface area contributed by atoms with E-state index >= 15 is 0 Å². The number of rotatable bonds is 2. The molecule has 1 atom stereocenters. The molecule has 0 bridgehead atoms. The third-order valence-corrected chi connectivity index (χ3v) is 3.50. The second kappa shape index (κ2) is 4.35. The maximum atomic E-state index is 9.92. The zero-order valence-electron chi connectivity index (χ0n) is 11.0. The van der Waals surface area contributed by atoms with Gasteiger partial charge in [0.15, 0.2) is 0 Å². The first-order valence-corrected chi connectivity index (χ1v) is 6.37. The molecule has 2 heterocycles. The van der Waals surface area contributed by atoms with Crippen LogP contribution in [-0.2, 0) is 10.3 Å². The number of nitrogens with zero attached hydrogens (tertiary/aromatic N) is 2. The maximum Gasteiger partial charge on any atom is 0.261 e. The van der Waals surface area contributed by atoms with Gasteiger partial charge < -0.3 is 14.4 Å². The molecule has 2 aromatic rings. The summed E-state index contributed by atoms with van der Waals surface area (Å²) in [6.45, 7) is 4.59. The molecule has 100 valence electrons. The van der Waals surface area contributed by atoms with Crippen LogP contribution in [0.2, 0.25) is 0 Å². The highest BCUT2D eigenvalue weighted by molar-refractivity contribution is 5.62. The van der Waals surface area contributed by atoms with Gasteiger partial charge in [-0.3, -0.25) is 0 Å². The molecule has 3 rings (SSSR count). The molecule has 1 fully saturated rings. The van der Waals surface area contributed by atoms with Crippen molar-refractivity contribution in [2.24, 2.45) is 0 Å². The summed E-state index contributed by atoms with van der Waals surface area (Å²) < 4.78 is 10.9. The van der Waals surface area contributed by atoms with Crippen molar-refractivity contribution in [2.75, 3.05) is 6.61 Å². The number of phenolic OH excluding ortho intramolecular Hbond substituents is 1. The van der Waals surface area contributed by atoms with E-state index in [0.29, 0.717) is 17.3 Å². The van der Waals surface area contributed by atoms with Gasteiger partial charge in [0.2, 0.25) is 5.82 Å². The Morgan fingerprint density at radius 1 is 1.37 bits per heavy atom. The molecule has 0 spiro atoms. The first kappa shape index (κ1) is 12.2. The third kappa shape index (κ3) is 2.10. The van der Waals surface area contributed by atoms with Crippen LogP contribution in [0.3, 0.4) is 0 Å². The first-order valence-electron chi connectivity index (χ1n) is 6.37. The number of aromatic hydroxyl groups is 1.